The van der Waals surface area contributed by atoms with E-state index < -0.39 is 23.7 Å². The molecule has 2 N–H and O–H groups in total. The number of hydrogen-bond acceptors (Lipinski definition) is 5. The van der Waals surface area contributed by atoms with Crippen molar-refractivity contribution in [1.82, 2.24) is 20.6 Å². The summed E-state index contributed by atoms with van der Waals surface area (Å²) in [5.41, 5.74) is 3.24. The molecule has 0 spiro atoms. The predicted molar refractivity (Wildman–Crippen MR) is 148 cm³/mol. The van der Waals surface area contributed by atoms with E-state index in [1.807, 2.05) is 6.08 Å². The number of halogens is 2. The summed E-state index contributed by atoms with van der Waals surface area (Å²) in [5.74, 6) is -1.81. The molecule has 40 heavy (non-hydrogen) atoms. The number of nitrogens with zero attached hydrogens (tertiary/aromatic N) is 3. The molecule has 3 rings (SSSR count). The zero-order chi connectivity index (χ0) is 29.1. The quantitative estimate of drug-likeness (QED) is 0.216. The lowest BCUT2D eigenvalue weighted by atomic mass is 9.92. The molecule has 0 bridgehead atoms. The Balaban J connectivity index is 1.81. The highest BCUT2D eigenvalue weighted by Gasteiger charge is 2.21. The first-order chi connectivity index (χ1) is 19.2. The molecule has 0 aliphatic rings. The zero-order valence-electron chi connectivity index (χ0n) is 22.5. The number of aromatic nitrogens is 2. The van der Waals surface area contributed by atoms with E-state index in [0.717, 1.165) is 30.3 Å². The molecule has 1 atom stereocenters. The van der Waals surface area contributed by atoms with E-state index in [4.69, 9.17) is 0 Å². The zero-order valence-corrected chi connectivity index (χ0v) is 22.5. The number of amides is 2. The Hall–Kier alpha value is -4.71. The molecule has 1 aromatic heterocycles. The molecule has 3 aromatic rings. The van der Waals surface area contributed by atoms with Gasteiger partial charge in [-0.15, -0.1) is 6.58 Å². The molecule has 2 amide bonds. The Kier molecular flexibility index (Phi) is 10.8. The van der Waals surface area contributed by atoms with E-state index in [1.165, 1.54) is 25.1 Å². The molecular weight excluding hydrogens is 512 g/mol. The molecule has 0 aliphatic carbocycles. The van der Waals surface area contributed by atoms with Gasteiger partial charge in [0, 0.05) is 12.6 Å². The van der Waals surface area contributed by atoms with Crippen LogP contribution in [0.15, 0.2) is 73.3 Å². The van der Waals surface area contributed by atoms with Crippen molar-refractivity contribution < 1.29 is 18.4 Å². The van der Waals surface area contributed by atoms with Crippen molar-refractivity contribution in [1.29, 1.82) is 5.26 Å². The monoisotopic (exact) mass is 543 g/mol. The maximum Gasteiger partial charge on any atom is 0.270 e. The first kappa shape index (κ1) is 29.8. The van der Waals surface area contributed by atoms with E-state index in [2.05, 4.69) is 33.2 Å². The van der Waals surface area contributed by atoms with Crippen LogP contribution in [0.5, 0.6) is 0 Å². The largest absolute Gasteiger partial charge is 0.347 e. The number of nitrogens with one attached hydrogen (secondary N) is 2. The van der Waals surface area contributed by atoms with E-state index in [-0.39, 0.29) is 30.2 Å². The fourth-order valence-electron chi connectivity index (χ4n) is 4.14. The molecule has 0 saturated heterocycles. The van der Waals surface area contributed by atoms with Crippen LogP contribution < -0.4 is 10.6 Å². The van der Waals surface area contributed by atoms with Gasteiger partial charge in [0.1, 0.15) is 23.5 Å². The van der Waals surface area contributed by atoms with Gasteiger partial charge in [0.25, 0.3) is 11.8 Å². The second kappa shape index (κ2) is 14.4. The third-order valence-electron chi connectivity index (χ3n) is 6.25. The van der Waals surface area contributed by atoms with Gasteiger partial charge >= 0.3 is 0 Å². The Morgan fingerprint density at radius 2 is 1.88 bits per heavy atom. The SMILES string of the molecule is C=CCCCc1cc(C#N)ccc1C(C/C=C(\C)F)NC(=O)c1cc(C(=O)NCc2ccc(F)c(C)c2)ncn1. The van der Waals surface area contributed by atoms with Crippen molar-refractivity contribution in [2.45, 2.75) is 52.1 Å². The second-order valence-electron chi connectivity index (χ2n) is 9.31. The van der Waals surface area contributed by atoms with Crippen LogP contribution in [0.25, 0.3) is 0 Å². The standard InChI is InChI=1S/C31H31F2N5O2/c1-4-5-6-7-24-15-22(17-34)9-11-25(24)27(13-8-21(3)32)38-31(40)29-16-28(36-19-37-29)30(39)35-18-23-10-12-26(33)20(2)14-23/h4,8-12,14-16,19,27H,1,5-7,13,18H2,2-3H3,(H,35,39)(H,38,40)/b21-8+. The average molecular weight is 544 g/mol. The Morgan fingerprint density at radius 1 is 1.12 bits per heavy atom. The van der Waals surface area contributed by atoms with Crippen LogP contribution in [-0.2, 0) is 13.0 Å². The van der Waals surface area contributed by atoms with Crippen LogP contribution in [-0.4, -0.2) is 21.8 Å². The van der Waals surface area contributed by atoms with Gasteiger partial charge < -0.3 is 10.6 Å². The van der Waals surface area contributed by atoms with E-state index in [1.54, 1.807) is 37.3 Å². The summed E-state index contributed by atoms with van der Waals surface area (Å²) in [6.45, 7) is 6.85. The maximum atomic E-state index is 13.7. The molecule has 0 saturated carbocycles. The van der Waals surface area contributed by atoms with Crippen LogP contribution in [0.3, 0.4) is 0 Å². The van der Waals surface area contributed by atoms with Gasteiger partial charge in [-0.1, -0.05) is 30.4 Å². The second-order valence-corrected chi connectivity index (χ2v) is 9.31. The Bertz CT molecular complexity index is 1460. The first-order valence-corrected chi connectivity index (χ1v) is 12.8. The highest BCUT2D eigenvalue weighted by molar-refractivity contribution is 5.97. The molecule has 0 aliphatic heterocycles. The number of hydrogen-bond donors (Lipinski definition) is 2. The van der Waals surface area contributed by atoms with Crippen molar-refractivity contribution in [2.75, 3.05) is 0 Å². The Morgan fingerprint density at radius 3 is 2.55 bits per heavy atom. The van der Waals surface area contributed by atoms with Crippen molar-refractivity contribution in [3.8, 4) is 6.07 Å². The van der Waals surface area contributed by atoms with Crippen molar-refractivity contribution >= 4 is 11.8 Å². The summed E-state index contributed by atoms with van der Waals surface area (Å²) in [6, 6.07) is 12.5. The van der Waals surface area contributed by atoms with Crippen LogP contribution in [0.1, 0.15) is 81.0 Å². The van der Waals surface area contributed by atoms with Gasteiger partial charge in [0.05, 0.1) is 23.5 Å². The average Bonchev–Trinajstić information content (AvgIpc) is 2.95. The van der Waals surface area contributed by atoms with Crippen LogP contribution in [0.2, 0.25) is 0 Å². The summed E-state index contributed by atoms with van der Waals surface area (Å²) >= 11 is 0. The molecule has 9 heteroatoms. The normalized spacial score (nSPS) is 11.8. The minimum absolute atomic E-state index is 0.0153. The minimum atomic E-state index is -0.612. The lowest BCUT2D eigenvalue weighted by Crippen LogP contribution is -2.30. The molecule has 0 radical (unpaired) electrons. The molecule has 0 fully saturated rings. The smallest absolute Gasteiger partial charge is 0.270 e. The fourth-order valence-corrected chi connectivity index (χ4v) is 4.14. The molecule has 7 nitrogen and oxygen atoms in total. The molecule has 1 heterocycles. The number of rotatable bonds is 12. The van der Waals surface area contributed by atoms with Gasteiger partial charge in [-0.25, -0.2) is 18.7 Å². The number of carbonyl (C=O) groups is 2. The topological polar surface area (TPSA) is 108 Å². The summed E-state index contributed by atoms with van der Waals surface area (Å²) in [7, 11) is 0. The van der Waals surface area contributed by atoms with Gasteiger partial charge in [0.15, 0.2) is 0 Å². The number of aryl methyl sites for hydroxylation is 2. The predicted octanol–water partition coefficient (Wildman–Crippen LogP) is 5.97. The van der Waals surface area contributed by atoms with E-state index in [0.29, 0.717) is 23.1 Å². The van der Waals surface area contributed by atoms with Crippen molar-refractivity contribution in [3.63, 3.8) is 0 Å². The number of nitriles is 1. The van der Waals surface area contributed by atoms with Gasteiger partial charge in [-0.3, -0.25) is 9.59 Å². The number of carbonyl (C=O) groups excluding carboxylic acids is 2. The van der Waals surface area contributed by atoms with Crippen molar-refractivity contribution in [3.05, 3.63) is 118 Å². The summed E-state index contributed by atoms with van der Waals surface area (Å²) in [6.07, 6.45) is 6.71. The highest BCUT2D eigenvalue weighted by atomic mass is 19.1. The molecule has 1 unspecified atom stereocenters. The van der Waals surface area contributed by atoms with Crippen LogP contribution in [0, 0.1) is 24.1 Å². The fraction of sp³-hybridized carbons (Fsp3) is 0.258. The van der Waals surface area contributed by atoms with E-state index >= 15 is 0 Å². The minimum Gasteiger partial charge on any atom is -0.347 e. The van der Waals surface area contributed by atoms with Gasteiger partial charge in [0.2, 0.25) is 0 Å². The molecule has 206 valence electrons. The third kappa shape index (κ3) is 8.40. The summed E-state index contributed by atoms with van der Waals surface area (Å²) < 4.78 is 27.2. The van der Waals surface area contributed by atoms with Crippen molar-refractivity contribution in [2.24, 2.45) is 0 Å². The molecular formula is C31H31F2N5O2. The molecule has 2 aromatic carbocycles. The summed E-state index contributed by atoms with van der Waals surface area (Å²) in [5, 5.41) is 15.0. The van der Waals surface area contributed by atoms with E-state index in [9.17, 15) is 23.6 Å². The summed E-state index contributed by atoms with van der Waals surface area (Å²) in [4.78, 5) is 34.0. The Labute approximate surface area is 232 Å². The number of unbranched alkanes of at least 4 members (excludes halogenated alkanes) is 1. The highest BCUT2D eigenvalue weighted by Crippen LogP contribution is 2.26. The van der Waals surface area contributed by atoms with Crippen LogP contribution in [0.4, 0.5) is 8.78 Å². The van der Waals surface area contributed by atoms with Gasteiger partial charge in [-0.05, 0) is 80.0 Å². The van der Waals surface area contributed by atoms with Gasteiger partial charge in [-0.2, -0.15) is 5.26 Å². The van der Waals surface area contributed by atoms with Crippen LogP contribution >= 0.6 is 0 Å². The third-order valence-corrected chi connectivity index (χ3v) is 6.25. The lowest BCUT2D eigenvalue weighted by molar-refractivity contribution is 0.0931. The number of allylic oxidation sites excluding steroid dienone is 2. The maximum absolute atomic E-state index is 13.7. The number of benzene rings is 2. The first-order valence-electron chi connectivity index (χ1n) is 12.8. The lowest BCUT2D eigenvalue weighted by Gasteiger charge is -2.21.